The first-order valence-electron chi connectivity index (χ1n) is 14.1. The summed E-state index contributed by atoms with van der Waals surface area (Å²) in [7, 11) is 0. The number of aromatic amines is 1. The van der Waals surface area contributed by atoms with Crippen LogP contribution in [-0.4, -0.2) is 87.7 Å². The second kappa shape index (κ2) is 13.2. The molecule has 2 saturated heterocycles. The molecule has 0 aliphatic carbocycles. The zero-order valence-electron chi connectivity index (χ0n) is 24.2. The Morgan fingerprint density at radius 2 is 1.87 bits per heavy atom. The van der Waals surface area contributed by atoms with E-state index in [1.165, 1.54) is 25.8 Å². The van der Waals surface area contributed by atoms with Gasteiger partial charge in [0.05, 0.1) is 31.7 Å². The molecule has 1 amide bonds. The highest BCUT2D eigenvalue weighted by Gasteiger charge is 2.42. The van der Waals surface area contributed by atoms with Gasteiger partial charge in [-0.25, -0.2) is 19.7 Å². The Morgan fingerprint density at radius 1 is 1.13 bits per heavy atom. The van der Waals surface area contributed by atoms with E-state index >= 15 is 0 Å². The Morgan fingerprint density at radius 3 is 2.63 bits per heavy atom. The SMILES string of the molecule is Cc1cn([C@H]2C[C@H](O)[C@@H](COP(O)(=S)O[C@H]3C[C@H](n4cnc5c(NC(=O)c6ccccc6)ncnc54)O[C@@H]3CO)O2)c(=O)[nH]c1=O. The predicted octanol–water partition coefficient (Wildman–Crippen LogP) is 0.484. The molecule has 0 spiro atoms. The molecule has 1 unspecified atom stereocenters. The van der Waals surface area contributed by atoms with E-state index in [9.17, 15) is 29.5 Å². The molecule has 244 valence electrons. The predicted molar refractivity (Wildman–Crippen MR) is 163 cm³/mol. The summed E-state index contributed by atoms with van der Waals surface area (Å²) in [4.78, 5) is 62.5. The third-order valence-electron chi connectivity index (χ3n) is 7.63. The van der Waals surface area contributed by atoms with Crippen molar-refractivity contribution < 1.29 is 38.4 Å². The van der Waals surface area contributed by atoms with Gasteiger partial charge in [-0.2, -0.15) is 0 Å². The number of rotatable bonds is 10. The molecular weight excluding hydrogens is 645 g/mol. The summed E-state index contributed by atoms with van der Waals surface area (Å²) in [5.41, 5.74) is 0.166. The fourth-order valence-corrected chi connectivity index (χ4v) is 6.75. The van der Waals surface area contributed by atoms with Gasteiger partial charge < -0.3 is 38.9 Å². The molecule has 1 aromatic carbocycles. The fraction of sp³-hybridized carbons (Fsp3) is 0.407. The van der Waals surface area contributed by atoms with Crippen LogP contribution >= 0.6 is 6.72 Å². The maximum Gasteiger partial charge on any atom is 0.330 e. The fourth-order valence-electron chi connectivity index (χ4n) is 5.27. The van der Waals surface area contributed by atoms with Crippen LogP contribution in [0.5, 0.6) is 0 Å². The molecule has 19 heteroatoms. The number of nitrogens with one attached hydrogen (secondary N) is 2. The highest BCUT2D eigenvalue weighted by atomic mass is 32.5. The zero-order valence-corrected chi connectivity index (χ0v) is 25.9. The van der Waals surface area contributed by atoms with Crippen molar-refractivity contribution in [3.8, 4) is 0 Å². The van der Waals surface area contributed by atoms with Gasteiger partial charge in [0.1, 0.15) is 31.0 Å². The molecule has 0 radical (unpaired) electrons. The van der Waals surface area contributed by atoms with Crippen LogP contribution in [-0.2, 0) is 30.3 Å². The van der Waals surface area contributed by atoms with Crippen molar-refractivity contribution in [2.75, 3.05) is 18.5 Å². The van der Waals surface area contributed by atoms with Gasteiger partial charge in [0.15, 0.2) is 17.0 Å². The lowest BCUT2D eigenvalue weighted by Gasteiger charge is -2.24. The van der Waals surface area contributed by atoms with Crippen LogP contribution in [0.25, 0.3) is 11.2 Å². The number of imidazole rings is 1. The highest BCUT2D eigenvalue weighted by molar-refractivity contribution is 8.07. The first-order valence-corrected chi connectivity index (χ1v) is 16.7. The Balaban J connectivity index is 1.10. The number of anilines is 1. The number of aryl methyl sites for hydroxylation is 1. The number of aliphatic hydroxyl groups excluding tert-OH is 2. The molecule has 46 heavy (non-hydrogen) atoms. The number of carbonyl (C=O) groups excluding carboxylic acids is 1. The number of benzene rings is 1. The summed E-state index contributed by atoms with van der Waals surface area (Å²) in [5.74, 6) is -0.179. The minimum Gasteiger partial charge on any atom is -0.394 e. The van der Waals surface area contributed by atoms with E-state index in [2.05, 4.69) is 25.3 Å². The van der Waals surface area contributed by atoms with Crippen molar-refractivity contribution in [3.63, 3.8) is 0 Å². The monoisotopic (exact) mass is 675 g/mol. The minimum atomic E-state index is -3.95. The number of amides is 1. The van der Waals surface area contributed by atoms with Crippen molar-refractivity contribution in [2.24, 2.45) is 0 Å². The van der Waals surface area contributed by atoms with E-state index in [0.717, 1.165) is 4.57 Å². The van der Waals surface area contributed by atoms with Crippen LogP contribution in [0.2, 0.25) is 0 Å². The number of fused-ring (bicyclic) bond motifs is 1. The number of carbonyl (C=O) groups is 1. The normalized spacial score (nSPS) is 25.9. The van der Waals surface area contributed by atoms with Gasteiger partial charge in [0, 0.05) is 30.2 Å². The van der Waals surface area contributed by atoms with Crippen molar-refractivity contribution in [1.82, 2.24) is 29.1 Å². The van der Waals surface area contributed by atoms with Crippen LogP contribution in [0.1, 0.15) is 41.2 Å². The highest BCUT2D eigenvalue weighted by Crippen LogP contribution is 2.49. The minimum absolute atomic E-state index is 0.0272. The summed E-state index contributed by atoms with van der Waals surface area (Å²) in [6, 6.07) is 8.61. The smallest absolute Gasteiger partial charge is 0.330 e. The van der Waals surface area contributed by atoms with E-state index in [4.69, 9.17) is 30.3 Å². The maximum absolute atomic E-state index is 12.7. The lowest BCUT2D eigenvalue weighted by molar-refractivity contribution is -0.0521. The molecule has 2 fully saturated rings. The van der Waals surface area contributed by atoms with Crippen molar-refractivity contribution in [1.29, 1.82) is 0 Å². The Labute approximate surface area is 265 Å². The van der Waals surface area contributed by atoms with E-state index in [0.29, 0.717) is 22.3 Å². The number of aliphatic hydroxyl groups is 2. The number of hydrogen-bond acceptors (Lipinski definition) is 13. The van der Waals surface area contributed by atoms with E-state index < -0.39 is 61.4 Å². The topological polar surface area (TPSA) is 225 Å². The summed E-state index contributed by atoms with van der Waals surface area (Å²) in [6.07, 6.45) is -1.23. The van der Waals surface area contributed by atoms with E-state index in [1.54, 1.807) is 34.9 Å². The van der Waals surface area contributed by atoms with Crippen molar-refractivity contribution in [3.05, 3.63) is 81.1 Å². The first kappa shape index (κ1) is 32.2. The van der Waals surface area contributed by atoms with Crippen LogP contribution < -0.4 is 16.6 Å². The lowest BCUT2D eigenvalue weighted by Crippen LogP contribution is -2.33. The standard InChI is InChI=1S/C27H30N7O10PS/c1-14-9-33(27(39)32-25(14)37)20-7-16(36)19(43-20)11-41-45(40,46)44-17-8-21(42-18(17)10-35)34-13-30-22-23(28-12-29-24(22)34)31-26(38)15-5-3-2-4-6-15/h2-6,9,12-13,16-21,35-36H,7-8,10-11H2,1H3,(H,40,46)(H,32,37,39)(H,28,29,31,38)/t16-,17-,18+,19+,20+,21+,45?/m0/s1. The van der Waals surface area contributed by atoms with Gasteiger partial charge in [-0.05, 0) is 30.9 Å². The van der Waals surface area contributed by atoms with Crippen LogP contribution in [0.4, 0.5) is 5.82 Å². The Kier molecular flexibility index (Phi) is 9.24. The summed E-state index contributed by atoms with van der Waals surface area (Å²) >= 11 is 5.22. The molecular formula is C27H30N7O10PS. The summed E-state index contributed by atoms with van der Waals surface area (Å²) in [6.45, 7) is -3.24. The maximum atomic E-state index is 12.7. The lowest BCUT2D eigenvalue weighted by atomic mass is 10.2. The number of aromatic nitrogens is 6. The van der Waals surface area contributed by atoms with Crippen LogP contribution in [0.15, 0.2) is 58.8 Å². The van der Waals surface area contributed by atoms with Crippen molar-refractivity contribution in [2.45, 2.75) is 56.6 Å². The number of nitrogens with zero attached hydrogens (tertiary/aromatic N) is 5. The second-order valence-corrected chi connectivity index (χ2v) is 13.5. The molecule has 17 nitrogen and oxygen atoms in total. The Hall–Kier alpha value is -3.71. The summed E-state index contributed by atoms with van der Waals surface area (Å²) in [5, 5.41) is 23.2. The molecule has 0 saturated carbocycles. The van der Waals surface area contributed by atoms with Gasteiger partial charge in [0.2, 0.25) is 0 Å². The average molecular weight is 676 g/mol. The number of hydrogen-bond donors (Lipinski definition) is 5. The number of ether oxygens (including phenoxy) is 2. The van der Waals surface area contributed by atoms with Gasteiger partial charge in [-0.1, -0.05) is 18.2 Å². The van der Waals surface area contributed by atoms with Gasteiger partial charge in [-0.3, -0.25) is 23.7 Å². The summed E-state index contributed by atoms with van der Waals surface area (Å²) < 4.78 is 25.7. The third-order valence-corrected chi connectivity index (χ3v) is 9.22. The van der Waals surface area contributed by atoms with Gasteiger partial charge in [0.25, 0.3) is 11.5 Å². The van der Waals surface area contributed by atoms with Gasteiger partial charge in [-0.15, -0.1) is 0 Å². The quantitative estimate of drug-likeness (QED) is 0.144. The molecule has 6 rings (SSSR count). The van der Waals surface area contributed by atoms with E-state index in [-0.39, 0.29) is 31.2 Å². The molecule has 4 aromatic rings. The molecule has 5 heterocycles. The van der Waals surface area contributed by atoms with E-state index in [1.807, 2.05) is 0 Å². The van der Waals surface area contributed by atoms with Crippen LogP contribution in [0.3, 0.4) is 0 Å². The molecule has 7 atom stereocenters. The largest absolute Gasteiger partial charge is 0.394 e. The zero-order chi connectivity index (χ0) is 32.6. The van der Waals surface area contributed by atoms with Crippen molar-refractivity contribution >= 4 is 41.4 Å². The third kappa shape index (κ3) is 6.71. The van der Waals surface area contributed by atoms with Crippen LogP contribution in [0, 0.1) is 6.92 Å². The number of H-pyrrole nitrogens is 1. The molecule has 3 aromatic heterocycles. The Bertz CT molecular complexity index is 1900. The molecule has 2 aliphatic heterocycles. The second-order valence-electron chi connectivity index (χ2n) is 10.7. The first-order chi connectivity index (χ1) is 22.0. The molecule has 5 N–H and O–H groups in total. The average Bonchev–Trinajstić information content (AvgIpc) is 3.75. The van der Waals surface area contributed by atoms with Gasteiger partial charge >= 0.3 is 12.4 Å². The molecule has 0 bridgehead atoms. The molecule has 2 aliphatic rings.